The average Bonchev–Trinajstić information content (AvgIpc) is 2.94. The number of epoxide rings is 1. The Bertz CT molecular complexity index is 235. The molecule has 1 aliphatic carbocycles. The summed E-state index contributed by atoms with van der Waals surface area (Å²) < 4.78 is 5.79. The van der Waals surface area contributed by atoms with Crippen molar-refractivity contribution in [3.63, 3.8) is 0 Å². The smallest absolute Gasteiger partial charge is 0.102 e. The summed E-state index contributed by atoms with van der Waals surface area (Å²) in [6.07, 6.45) is 10.5. The highest BCUT2D eigenvalue weighted by molar-refractivity contribution is 6.80. The lowest BCUT2D eigenvalue weighted by atomic mass is 9.86. The number of rotatable bonds is 3. The molecule has 1 saturated carbocycles. The van der Waals surface area contributed by atoms with E-state index in [1.165, 1.54) is 32.1 Å². The summed E-state index contributed by atoms with van der Waals surface area (Å²) in [5.74, 6) is 0.870. The lowest BCUT2D eigenvalue weighted by Gasteiger charge is -2.19. The minimum atomic E-state index is -1.02. The largest absolute Gasteiger partial charge is 0.365 e. The van der Waals surface area contributed by atoms with Gasteiger partial charge in [-0.25, -0.2) is 0 Å². The van der Waals surface area contributed by atoms with E-state index in [4.69, 9.17) is 4.74 Å². The fourth-order valence-electron chi connectivity index (χ4n) is 2.52. The van der Waals surface area contributed by atoms with Crippen molar-refractivity contribution in [3.8, 4) is 0 Å². The van der Waals surface area contributed by atoms with E-state index in [9.17, 15) is 0 Å². The van der Waals surface area contributed by atoms with Crippen LogP contribution in [0.5, 0.6) is 0 Å². The van der Waals surface area contributed by atoms with Crippen molar-refractivity contribution in [2.24, 2.45) is 5.92 Å². The zero-order valence-corrected chi connectivity index (χ0v) is 11.3. The predicted octanol–water partition coefficient (Wildman–Crippen LogP) is 3.77. The zero-order chi connectivity index (χ0) is 10.9. The molecule has 2 fully saturated rings. The monoisotopic (exact) mass is 224 g/mol. The first kappa shape index (κ1) is 11.4. The van der Waals surface area contributed by atoms with Gasteiger partial charge in [-0.2, -0.15) is 0 Å². The molecule has 0 amide bonds. The summed E-state index contributed by atoms with van der Waals surface area (Å²) >= 11 is 0. The van der Waals surface area contributed by atoms with Crippen LogP contribution in [0.1, 0.15) is 32.1 Å². The molecule has 0 aromatic carbocycles. The van der Waals surface area contributed by atoms with Gasteiger partial charge < -0.3 is 4.74 Å². The molecule has 1 heterocycles. The van der Waals surface area contributed by atoms with Gasteiger partial charge in [0, 0.05) is 0 Å². The quantitative estimate of drug-likeness (QED) is 0.525. The van der Waals surface area contributed by atoms with Gasteiger partial charge in [-0.3, -0.25) is 0 Å². The van der Waals surface area contributed by atoms with Gasteiger partial charge in [-0.15, -0.1) is 0 Å². The Morgan fingerprint density at radius 1 is 1.07 bits per heavy atom. The highest BCUT2D eigenvalue weighted by Gasteiger charge is 2.43. The van der Waals surface area contributed by atoms with Gasteiger partial charge in [0.2, 0.25) is 0 Å². The van der Waals surface area contributed by atoms with Crippen LogP contribution in [0.25, 0.3) is 0 Å². The third kappa shape index (κ3) is 3.46. The first-order valence-electron chi connectivity index (χ1n) is 6.41. The van der Waals surface area contributed by atoms with Crippen LogP contribution in [0.2, 0.25) is 19.6 Å². The Kier molecular flexibility index (Phi) is 3.36. The molecule has 0 spiro atoms. The molecule has 86 valence electrons. The van der Waals surface area contributed by atoms with Crippen molar-refractivity contribution in [2.75, 3.05) is 0 Å². The standard InChI is InChI=1S/C13H24OSi/c1-15(2,3)10-9-12-13(14-12)11-7-5-4-6-8-11/h9-13H,4-8H2,1-3H3/t12-,13-/m1/s1. The highest BCUT2D eigenvalue weighted by Crippen LogP contribution is 2.39. The first-order chi connectivity index (χ1) is 7.06. The molecule has 1 nitrogen and oxygen atoms in total. The summed E-state index contributed by atoms with van der Waals surface area (Å²) in [5, 5.41) is 0. The van der Waals surface area contributed by atoms with E-state index in [0.29, 0.717) is 12.2 Å². The molecule has 1 saturated heterocycles. The third-order valence-electron chi connectivity index (χ3n) is 3.46. The Morgan fingerprint density at radius 3 is 2.33 bits per heavy atom. The van der Waals surface area contributed by atoms with E-state index < -0.39 is 8.07 Å². The lowest BCUT2D eigenvalue weighted by Crippen LogP contribution is -2.17. The summed E-state index contributed by atoms with van der Waals surface area (Å²) in [7, 11) is -1.02. The van der Waals surface area contributed by atoms with Gasteiger partial charge in [0.15, 0.2) is 0 Å². The van der Waals surface area contributed by atoms with E-state index in [2.05, 4.69) is 31.4 Å². The maximum atomic E-state index is 5.79. The SMILES string of the molecule is C[Si](C)(C)C=C[C@H]1O[C@@H]1C1CCCCC1. The fraction of sp³-hybridized carbons (Fsp3) is 0.846. The maximum Gasteiger partial charge on any atom is 0.102 e. The van der Waals surface area contributed by atoms with Crippen LogP contribution >= 0.6 is 0 Å². The van der Waals surface area contributed by atoms with Crippen LogP contribution in [0, 0.1) is 5.92 Å². The predicted molar refractivity (Wildman–Crippen MR) is 67.7 cm³/mol. The normalized spacial score (nSPS) is 33.5. The molecule has 0 radical (unpaired) electrons. The van der Waals surface area contributed by atoms with Gasteiger partial charge in [-0.05, 0) is 18.8 Å². The molecule has 15 heavy (non-hydrogen) atoms. The van der Waals surface area contributed by atoms with Crippen molar-refractivity contribution < 1.29 is 4.74 Å². The minimum absolute atomic E-state index is 0.472. The summed E-state index contributed by atoms with van der Waals surface area (Å²) in [4.78, 5) is 0. The molecule has 0 unspecified atom stereocenters. The second-order valence-electron chi connectivity index (χ2n) is 6.19. The van der Waals surface area contributed by atoms with Crippen molar-refractivity contribution in [2.45, 2.75) is 64.0 Å². The molecular formula is C13H24OSi. The molecule has 0 aromatic rings. The van der Waals surface area contributed by atoms with Crippen molar-refractivity contribution in [1.82, 2.24) is 0 Å². The third-order valence-corrected chi connectivity index (χ3v) is 4.65. The van der Waals surface area contributed by atoms with Crippen molar-refractivity contribution in [1.29, 1.82) is 0 Å². The Balaban J connectivity index is 1.78. The van der Waals surface area contributed by atoms with Crippen molar-refractivity contribution in [3.05, 3.63) is 11.8 Å². The van der Waals surface area contributed by atoms with E-state index in [1.807, 2.05) is 0 Å². The lowest BCUT2D eigenvalue weighted by molar-refractivity contribution is 0.264. The highest BCUT2D eigenvalue weighted by atomic mass is 28.3. The van der Waals surface area contributed by atoms with E-state index in [1.54, 1.807) is 0 Å². The fourth-order valence-corrected chi connectivity index (χ4v) is 3.28. The Hall–Kier alpha value is -0.0831. The maximum absolute atomic E-state index is 5.79. The molecule has 2 rings (SSSR count). The topological polar surface area (TPSA) is 12.5 Å². The van der Waals surface area contributed by atoms with Gasteiger partial charge in [-0.1, -0.05) is 50.7 Å². The summed E-state index contributed by atoms with van der Waals surface area (Å²) in [6, 6.07) is 0. The van der Waals surface area contributed by atoms with Crippen molar-refractivity contribution >= 4 is 8.07 Å². The van der Waals surface area contributed by atoms with E-state index in [-0.39, 0.29) is 0 Å². The molecule has 2 heteroatoms. The van der Waals surface area contributed by atoms with Gasteiger partial charge in [0.1, 0.15) is 6.10 Å². The summed E-state index contributed by atoms with van der Waals surface area (Å²) in [6.45, 7) is 7.13. The number of hydrogen-bond acceptors (Lipinski definition) is 1. The molecule has 0 aromatic heterocycles. The number of hydrogen-bond donors (Lipinski definition) is 0. The van der Waals surface area contributed by atoms with Crippen LogP contribution in [0.15, 0.2) is 11.8 Å². The van der Waals surface area contributed by atoms with Crippen LogP contribution in [-0.2, 0) is 4.74 Å². The molecule has 2 atom stereocenters. The minimum Gasteiger partial charge on any atom is -0.365 e. The van der Waals surface area contributed by atoms with E-state index in [0.717, 1.165) is 5.92 Å². The van der Waals surface area contributed by atoms with Crippen LogP contribution in [0.3, 0.4) is 0 Å². The van der Waals surface area contributed by atoms with Gasteiger partial charge in [0.25, 0.3) is 0 Å². The first-order valence-corrected chi connectivity index (χ1v) is 9.99. The summed E-state index contributed by atoms with van der Waals surface area (Å²) in [5.41, 5.74) is 2.43. The average molecular weight is 224 g/mol. The Morgan fingerprint density at radius 2 is 1.73 bits per heavy atom. The second kappa shape index (κ2) is 4.42. The van der Waals surface area contributed by atoms with Gasteiger partial charge in [0.05, 0.1) is 14.2 Å². The van der Waals surface area contributed by atoms with E-state index >= 15 is 0 Å². The molecule has 1 aliphatic heterocycles. The zero-order valence-electron chi connectivity index (χ0n) is 10.3. The molecule has 0 N–H and O–H groups in total. The van der Waals surface area contributed by atoms with Crippen LogP contribution < -0.4 is 0 Å². The number of ether oxygens (including phenoxy) is 1. The molecule has 2 aliphatic rings. The Labute approximate surface area is 94.9 Å². The van der Waals surface area contributed by atoms with Crippen LogP contribution in [0.4, 0.5) is 0 Å². The van der Waals surface area contributed by atoms with Gasteiger partial charge >= 0.3 is 0 Å². The molecule has 0 bridgehead atoms. The molecular weight excluding hydrogens is 200 g/mol. The second-order valence-corrected chi connectivity index (χ2v) is 11.3. The van der Waals surface area contributed by atoms with Crippen LogP contribution in [-0.4, -0.2) is 20.3 Å².